The van der Waals surface area contributed by atoms with Gasteiger partial charge in [0.25, 0.3) is 0 Å². The number of carbonyl (C=O) groups excluding carboxylic acids is 1. The highest BCUT2D eigenvalue weighted by atomic mass is 19.1. The van der Waals surface area contributed by atoms with Gasteiger partial charge in [0.05, 0.1) is 19.3 Å². The maximum absolute atomic E-state index is 14.0. The minimum absolute atomic E-state index is 0.177. The maximum Gasteiger partial charge on any atom is 0.321 e. The zero-order valence-electron chi connectivity index (χ0n) is 24.9. The Morgan fingerprint density at radius 2 is 1.27 bits per heavy atom. The van der Waals surface area contributed by atoms with E-state index in [4.69, 9.17) is 14.2 Å². The minimum atomic E-state index is -0.883. The molecule has 2 fully saturated rings. The van der Waals surface area contributed by atoms with E-state index in [1.165, 1.54) is 24.3 Å². The average molecular weight is 599 g/mol. The molecule has 0 N–H and O–H groups in total. The molecule has 4 aromatic rings. The average Bonchev–Trinajstić information content (AvgIpc) is 3.82. The molecule has 8 heteroatoms. The summed E-state index contributed by atoms with van der Waals surface area (Å²) >= 11 is 0. The van der Waals surface area contributed by atoms with E-state index < -0.39 is 11.6 Å². The monoisotopic (exact) mass is 598 g/mol. The van der Waals surface area contributed by atoms with Crippen LogP contribution >= 0.6 is 0 Å². The quantitative estimate of drug-likeness (QED) is 0.200. The van der Waals surface area contributed by atoms with E-state index in [-0.39, 0.29) is 29.7 Å². The number of methoxy groups -OCH3 is 2. The summed E-state index contributed by atoms with van der Waals surface area (Å²) in [5.41, 5.74) is 2.71. The number of hydrogen-bond donors (Lipinski definition) is 0. The van der Waals surface area contributed by atoms with Gasteiger partial charge in [0.15, 0.2) is 6.23 Å². The third-order valence-electron chi connectivity index (χ3n) is 8.87. The number of piperazine rings is 1. The molecule has 0 bridgehead atoms. The van der Waals surface area contributed by atoms with Crippen LogP contribution in [0.2, 0.25) is 0 Å². The Kier molecular flexibility index (Phi) is 8.75. The molecule has 0 amide bonds. The van der Waals surface area contributed by atoms with Crippen LogP contribution in [0.1, 0.15) is 40.9 Å². The summed E-state index contributed by atoms with van der Waals surface area (Å²) in [6, 6.07) is 30.1. The van der Waals surface area contributed by atoms with E-state index in [1.807, 2.05) is 54.6 Å². The van der Waals surface area contributed by atoms with Crippen molar-refractivity contribution in [1.29, 1.82) is 0 Å². The van der Waals surface area contributed by atoms with Gasteiger partial charge in [-0.2, -0.15) is 0 Å². The molecule has 0 spiro atoms. The molecule has 3 atom stereocenters. The normalized spacial score (nSPS) is 21.2. The van der Waals surface area contributed by atoms with E-state index in [9.17, 15) is 13.6 Å². The van der Waals surface area contributed by atoms with Crippen molar-refractivity contribution in [3.05, 3.63) is 137 Å². The van der Waals surface area contributed by atoms with Gasteiger partial charge < -0.3 is 14.2 Å². The summed E-state index contributed by atoms with van der Waals surface area (Å²) in [4.78, 5) is 18.5. The zero-order chi connectivity index (χ0) is 30.7. The molecule has 1 unspecified atom stereocenters. The predicted molar refractivity (Wildman–Crippen MR) is 163 cm³/mol. The fourth-order valence-electron chi connectivity index (χ4n) is 6.35. The van der Waals surface area contributed by atoms with Crippen molar-refractivity contribution in [3.8, 4) is 5.75 Å². The number of hydrogen-bond acceptors (Lipinski definition) is 6. The number of esters is 1. The lowest BCUT2D eigenvalue weighted by Crippen LogP contribution is -2.50. The summed E-state index contributed by atoms with van der Waals surface area (Å²) in [7, 11) is 3.23. The maximum atomic E-state index is 14.0. The van der Waals surface area contributed by atoms with E-state index in [1.54, 1.807) is 38.5 Å². The minimum Gasteiger partial charge on any atom is -0.497 e. The van der Waals surface area contributed by atoms with E-state index in [2.05, 4.69) is 9.80 Å². The first kappa shape index (κ1) is 29.9. The third-order valence-corrected chi connectivity index (χ3v) is 8.87. The van der Waals surface area contributed by atoms with Crippen molar-refractivity contribution in [2.24, 2.45) is 0 Å². The van der Waals surface area contributed by atoms with Crippen LogP contribution in [0.25, 0.3) is 0 Å². The molecule has 2 aliphatic rings. The molecule has 4 aromatic carbocycles. The number of carbonyl (C=O) groups is 1. The van der Waals surface area contributed by atoms with Gasteiger partial charge in [-0.3, -0.25) is 14.6 Å². The molecule has 1 aliphatic heterocycles. The van der Waals surface area contributed by atoms with Crippen molar-refractivity contribution in [3.63, 3.8) is 0 Å². The molecule has 0 radical (unpaired) electrons. The summed E-state index contributed by atoms with van der Waals surface area (Å²) in [6.07, 6.45) is -0.320. The number of ether oxygens (including phenoxy) is 3. The molecule has 228 valence electrons. The van der Waals surface area contributed by atoms with Gasteiger partial charge in [0.1, 0.15) is 22.8 Å². The second kappa shape index (κ2) is 12.9. The molecule has 44 heavy (non-hydrogen) atoms. The van der Waals surface area contributed by atoms with E-state index in [0.717, 1.165) is 22.3 Å². The Balaban J connectivity index is 1.24. The Hall–Kier alpha value is -4.11. The van der Waals surface area contributed by atoms with Crippen LogP contribution in [0.4, 0.5) is 8.78 Å². The molecule has 6 rings (SSSR count). The van der Waals surface area contributed by atoms with Crippen LogP contribution in [-0.4, -0.2) is 62.3 Å². The first-order valence-corrected chi connectivity index (χ1v) is 14.9. The van der Waals surface area contributed by atoms with Crippen molar-refractivity contribution in [2.75, 3.05) is 40.4 Å². The van der Waals surface area contributed by atoms with Gasteiger partial charge in [-0.05, 0) is 59.5 Å². The van der Waals surface area contributed by atoms with Crippen molar-refractivity contribution < 1.29 is 27.8 Å². The second-order valence-electron chi connectivity index (χ2n) is 11.4. The highest BCUT2D eigenvalue weighted by Crippen LogP contribution is 2.52. The first-order valence-electron chi connectivity index (χ1n) is 14.9. The SMILES string of the molecule is COc1ccc([C@@]2(C(=O)OC(c3ccccc3)N3CCN(C(c4ccc(F)cc4)c4ccc(F)cc4)CC3)C[C@@H]2OC)cc1. The zero-order valence-corrected chi connectivity index (χ0v) is 24.9. The Morgan fingerprint density at radius 1 is 0.727 bits per heavy atom. The molecule has 1 heterocycles. The van der Waals surface area contributed by atoms with Crippen LogP contribution in [0.15, 0.2) is 103 Å². The predicted octanol–water partition coefficient (Wildman–Crippen LogP) is 6.28. The van der Waals surface area contributed by atoms with Crippen LogP contribution in [-0.2, 0) is 19.7 Å². The van der Waals surface area contributed by atoms with Crippen molar-refractivity contribution in [1.82, 2.24) is 9.80 Å². The molecule has 1 saturated heterocycles. The van der Waals surface area contributed by atoms with Gasteiger partial charge in [-0.25, -0.2) is 8.78 Å². The molecule has 1 saturated carbocycles. The molecule has 6 nitrogen and oxygen atoms in total. The molecular weight excluding hydrogens is 562 g/mol. The third kappa shape index (κ3) is 5.98. The first-order chi connectivity index (χ1) is 21.4. The number of rotatable bonds is 10. The fraction of sp³-hybridized carbons (Fsp3) is 0.306. The van der Waals surface area contributed by atoms with Gasteiger partial charge in [0, 0.05) is 38.9 Å². The lowest BCUT2D eigenvalue weighted by atomic mass is 9.95. The van der Waals surface area contributed by atoms with Crippen LogP contribution < -0.4 is 4.74 Å². The summed E-state index contributed by atoms with van der Waals surface area (Å²) in [6.45, 7) is 2.55. The standard InChI is InChI=1S/C36H36F2N2O4/c1-42-31-18-12-28(13-19-31)36(24-32(36)43-2)35(41)44-34(27-6-4-3-5-7-27)40-22-20-39(21-23-40)33(25-8-14-29(37)15-9-25)26-10-16-30(38)17-11-26/h3-19,32-34H,20-24H2,1-2H3/t32-,34?,36-/m0/s1. The number of benzene rings is 4. The molecule has 1 aliphatic carbocycles. The fourth-order valence-corrected chi connectivity index (χ4v) is 6.35. The molecule has 0 aromatic heterocycles. The molecular formula is C36H36F2N2O4. The lowest BCUT2D eigenvalue weighted by Gasteiger charge is -2.42. The van der Waals surface area contributed by atoms with Crippen LogP contribution in [0.5, 0.6) is 5.75 Å². The van der Waals surface area contributed by atoms with Crippen molar-refractivity contribution >= 4 is 5.97 Å². The lowest BCUT2D eigenvalue weighted by molar-refractivity contribution is -0.167. The van der Waals surface area contributed by atoms with E-state index >= 15 is 0 Å². The number of halogens is 2. The second-order valence-corrected chi connectivity index (χ2v) is 11.4. The van der Waals surface area contributed by atoms with Crippen molar-refractivity contribution in [2.45, 2.75) is 30.2 Å². The summed E-state index contributed by atoms with van der Waals surface area (Å²) < 4.78 is 45.0. The van der Waals surface area contributed by atoms with Gasteiger partial charge in [-0.1, -0.05) is 66.7 Å². The van der Waals surface area contributed by atoms with Gasteiger partial charge in [-0.15, -0.1) is 0 Å². The smallest absolute Gasteiger partial charge is 0.321 e. The number of nitrogens with zero attached hydrogens (tertiary/aromatic N) is 2. The highest BCUT2D eigenvalue weighted by Gasteiger charge is 2.64. The Bertz CT molecular complexity index is 1500. The topological polar surface area (TPSA) is 51.2 Å². The largest absolute Gasteiger partial charge is 0.497 e. The summed E-state index contributed by atoms with van der Waals surface area (Å²) in [5.74, 6) is -0.210. The van der Waals surface area contributed by atoms with E-state index in [0.29, 0.717) is 38.3 Å². The Labute approximate surface area is 256 Å². The Morgan fingerprint density at radius 3 is 1.77 bits per heavy atom. The van der Waals surface area contributed by atoms with Gasteiger partial charge in [0.2, 0.25) is 0 Å². The highest BCUT2D eigenvalue weighted by molar-refractivity contribution is 5.88. The van der Waals surface area contributed by atoms with Gasteiger partial charge >= 0.3 is 5.97 Å². The van der Waals surface area contributed by atoms with Crippen LogP contribution in [0, 0.1) is 11.6 Å². The van der Waals surface area contributed by atoms with Crippen LogP contribution in [0.3, 0.4) is 0 Å². The summed E-state index contributed by atoms with van der Waals surface area (Å²) in [5, 5.41) is 0.